The van der Waals surface area contributed by atoms with Gasteiger partial charge in [-0.3, -0.25) is 0 Å². The Hall–Kier alpha value is -2.07. The highest BCUT2D eigenvalue weighted by atomic mass is 15.1. The van der Waals surface area contributed by atoms with Crippen LogP contribution in [0.25, 0.3) is 22.2 Å². The number of imidazole rings is 1. The SMILES string of the molecule is CNCc1ncc(-c2c[nH]c3ccccc23)n1C. The van der Waals surface area contributed by atoms with E-state index >= 15 is 0 Å². The molecule has 0 aliphatic rings. The fourth-order valence-corrected chi connectivity index (χ4v) is 2.30. The van der Waals surface area contributed by atoms with Crippen molar-refractivity contribution in [1.29, 1.82) is 0 Å². The number of hydrogen-bond donors (Lipinski definition) is 2. The lowest BCUT2D eigenvalue weighted by atomic mass is 10.1. The Morgan fingerprint density at radius 3 is 3.00 bits per heavy atom. The molecule has 4 nitrogen and oxygen atoms in total. The van der Waals surface area contributed by atoms with Crippen LogP contribution in [-0.4, -0.2) is 21.6 Å². The van der Waals surface area contributed by atoms with Crippen LogP contribution in [0.15, 0.2) is 36.7 Å². The first kappa shape index (κ1) is 11.0. The summed E-state index contributed by atoms with van der Waals surface area (Å²) in [6.07, 6.45) is 3.98. The van der Waals surface area contributed by atoms with E-state index in [1.807, 2.05) is 25.5 Å². The van der Waals surface area contributed by atoms with E-state index in [-0.39, 0.29) is 0 Å². The second-order valence-electron chi connectivity index (χ2n) is 4.40. The third-order valence-electron chi connectivity index (χ3n) is 3.28. The first-order chi connectivity index (χ1) is 8.81. The average molecular weight is 240 g/mol. The van der Waals surface area contributed by atoms with Crippen molar-refractivity contribution < 1.29 is 0 Å². The molecule has 0 spiro atoms. The maximum Gasteiger partial charge on any atom is 0.122 e. The summed E-state index contributed by atoms with van der Waals surface area (Å²) in [7, 11) is 3.98. The van der Waals surface area contributed by atoms with Crippen LogP contribution in [0.5, 0.6) is 0 Å². The summed E-state index contributed by atoms with van der Waals surface area (Å²) >= 11 is 0. The number of benzene rings is 1. The Morgan fingerprint density at radius 2 is 2.17 bits per heavy atom. The molecule has 0 aliphatic heterocycles. The maximum atomic E-state index is 4.45. The molecule has 0 amide bonds. The number of aromatic amines is 1. The van der Waals surface area contributed by atoms with Gasteiger partial charge in [-0.25, -0.2) is 4.98 Å². The highest BCUT2D eigenvalue weighted by Crippen LogP contribution is 2.28. The van der Waals surface area contributed by atoms with Crippen molar-refractivity contribution in [3.05, 3.63) is 42.5 Å². The predicted molar refractivity (Wildman–Crippen MR) is 73.3 cm³/mol. The van der Waals surface area contributed by atoms with E-state index in [1.165, 1.54) is 10.9 Å². The van der Waals surface area contributed by atoms with Gasteiger partial charge in [0.1, 0.15) is 5.82 Å². The van der Waals surface area contributed by atoms with Crippen LogP contribution in [0.3, 0.4) is 0 Å². The largest absolute Gasteiger partial charge is 0.360 e. The van der Waals surface area contributed by atoms with Gasteiger partial charge in [-0.05, 0) is 13.1 Å². The van der Waals surface area contributed by atoms with Gasteiger partial charge in [0.2, 0.25) is 0 Å². The zero-order valence-electron chi connectivity index (χ0n) is 10.6. The van der Waals surface area contributed by atoms with E-state index in [9.17, 15) is 0 Å². The molecular weight excluding hydrogens is 224 g/mol. The van der Waals surface area contributed by atoms with Crippen molar-refractivity contribution in [2.24, 2.45) is 7.05 Å². The van der Waals surface area contributed by atoms with Crippen LogP contribution in [-0.2, 0) is 13.6 Å². The minimum Gasteiger partial charge on any atom is -0.360 e. The molecule has 0 saturated carbocycles. The first-order valence-corrected chi connectivity index (χ1v) is 6.03. The number of nitrogens with zero attached hydrogens (tertiary/aromatic N) is 2. The average Bonchev–Trinajstić information content (AvgIpc) is 2.95. The lowest BCUT2D eigenvalue weighted by Crippen LogP contribution is -2.10. The number of hydrogen-bond acceptors (Lipinski definition) is 2. The van der Waals surface area contributed by atoms with Crippen molar-refractivity contribution >= 4 is 10.9 Å². The second-order valence-corrected chi connectivity index (χ2v) is 4.40. The van der Waals surface area contributed by atoms with E-state index in [0.29, 0.717) is 0 Å². The van der Waals surface area contributed by atoms with Crippen molar-refractivity contribution in [1.82, 2.24) is 19.9 Å². The van der Waals surface area contributed by atoms with Gasteiger partial charge >= 0.3 is 0 Å². The molecule has 18 heavy (non-hydrogen) atoms. The summed E-state index contributed by atoms with van der Waals surface area (Å²) in [6, 6.07) is 8.32. The van der Waals surface area contributed by atoms with Gasteiger partial charge in [0.15, 0.2) is 0 Å². The summed E-state index contributed by atoms with van der Waals surface area (Å²) < 4.78 is 2.13. The van der Waals surface area contributed by atoms with Crippen LogP contribution in [0.4, 0.5) is 0 Å². The summed E-state index contributed by atoms with van der Waals surface area (Å²) in [5.74, 6) is 1.04. The fraction of sp³-hybridized carbons (Fsp3) is 0.214. The van der Waals surface area contributed by atoms with Gasteiger partial charge in [0, 0.05) is 29.7 Å². The normalized spacial score (nSPS) is 11.2. The van der Waals surface area contributed by atoms with E-state index < -0.39 is 0 Å². The highest BCUT2D eigenvalue weighted by molar-refractivity contribution is 5.94. The quantitative estimate of drug-likeness (QED) is 0.737. The van der Waals surface area contributed by atoms with Crippen molar-refractivity contribution in [2.45, 2.75) is 6.54 Å². The standard InChI is InChI=1S/C14H16N4/c1-15-9-14-17-8-13(18(14)2)11-7-16-12-6-4-3-5-10(11)12/h3-8,15-16H,9H2,1-2H3. The van der Waals surface area contributed by atoms with E-state index in [4.69, 9.17) is 0 Å². The lowest BCUT2D eigenvalue weighted by molar-refractivity contribution is 0.712. The summed E-state index contributed by atoms with van der Waals surface area (Å²) in [5, 5.41) is 4.36. The Morgan fingerprint density at radius 1 is 1.33 bits per heavy atom. The minimum absolute atomic E-state index is 0.777. The van der Waals surface area contributed by atoms with Crippen molar-refractivity contribution in [3.63, 3.8) is 0 Å². The fourth-order valence-electron chi connectivity index (χ4n) is 2.30. The van der Waals surface area contributed by atoms with Gasteiger partial charge in [-0.2, -0.15) is 0 Å². The molecule has 4 heteroatoms. The number of nitrogens with one attached hydrogen (secondary N) is 2. The zero-order chi connectivity index (χ0) is 12.5. The Labute approximate surface area is 106 Å². The van der Waals surface area contributed by atoms with Crippen molar-refractivity contribution in [3.8, 4) is 11.3 Å². The lowest BCUT2D eigenvalue weighted by Gasteiger charge is -2.04. The van der Waals surface area contributed by atoms with Gasteiger partial charge < -0.3 is 14.9 Å². The molecule has 0 bridgehead atoms. The van der Waals surface area contributed by atoms with E-state index in [1.54, 1.807) is 0 Å². The van der Waals surface area contributed by atoms with Crippen LogP contribution < -0.4 is 5.32 Å². The van der Waals surface area contributed by atoms with Crippen LogP contribution in [0, 0.1) is 0 Å². The molecule has 3 rings (SSSR count). The number of H-pyrrole nitrogens is 1. The van der Waals surface area contributed by atoms with E-state index in [2.05, 4.69) is 45.1 Å². The van der Waals surface area contributed by atoms with Gasteiger partial charge in [0.05, 0.1) is 18.4 Å². The molecule has 3 aromatic rings. The molecule has 0 unspecified atom stereocenters. The summed E-state index contributed by atoms with van der Waals surface area (Å²) in [4.78, 5) is 7.75. The molecule has 2 N–H and O–H groups in total. The molecule has 0 saturated heterocycles. The summed E-state index contributed by atoms with van der Waals surface area (Å²) in [6.45, 7) is 0.777. The number of para-hydroxylation sites is 1. The highest BCUT2D eigenvalue weighted by Gasteiger charge is 2.11. The minimum atomic E-state index is 0.777. The Kier molecular flexibility index (Phi) is 2.64. The Bertz CT molecular complexity index is 678. The second kappa shape index (κ2) is 4.31. The maximum absolute atomic E-state index is 4.45. The third kappa shape index (κ3) is 1.62. The van der Waals surface area contributed by atoms with Crippen LogP contribution >= 0.6 is 0 Å². The van der Waals surface area contributed by atoms with Gasteiger partial charge in [0.25, 0.3) is 0 Å². The predicted octanol–water partition coefficient (Wildman–Crippen LogP) is 2.29. The molecular formula is C14H16N4. The van der Waals surface area contributed by atoms with Crippen LogP contribution in [0.1, 0.15) is 5.82 Å². The first-order valence-electron chi connectivity index (χ1n) is 6.03. The molecule has 1 aromatic carbocycles. The Balaban J connectivity index is 2.15. The molecule has 0 aliphatic carbocycles. The number of fused-ring (bicyclic) bond motifs is 1. The van der Waals surface area contributed by atoms with Gasteiger partial charge in [-0.15, -0.1) is 0 Å². The van der Waals surface area contributed by atoms with E-state index in [0.717, 1.165) is 23.6 Å². The third-order valence-corrected chi connectivity index (χ3v) is 3.28. The number of rotatable bonds is 3. The molecule has 92 valence electrons. The monoisotopic (exact) mass is 240 g/mol. The smallest absolute Gasteiger partial charge is 0.122 e. The summed E-state index contributed by atoms with van der Waals surface area (Å²) in [5.41, 5.74) is 3.49. The van der Waals surface area contributed by atoms with Crippen LogP contribution in [0.2, 0.25) is 0 Å². The molecule has 0 fully saturated rings. The number of aromatic nitrogens is 3. The topological polar surface area (TPSA) is 45.6 Å². The zero-order valence-corrected chi connectivity index (χ0v) is 10.6. The van der Waals surface area contributed by atoms with Gasteiger partial charge in [-0.1, -0.05) is 18.2 Å². The molecule has 0 radical (unpaired) electrons. The van der Waals surface area contributed by atoms with Crippen molar-refractivity contribution in [2.75, 3.05) is 7.05 Å². The molecule has 0 atom stereocenters. The molecule has 2 heterocycles. The molecule has 2 aromatic heterocycles.